The molecule has 4 aromatic heterocycles. The number of pyridine rings is 3. The van der Waals surface area contributed by atoms with Gasteiger partial charge in [0.05, 0.1) is 11.8 Å². The van der Waals surface area contributed by atoms with Crippen LogP contribution in [0.15, 0.2) is 41.6 Å². The van der Waals surface area contributed by atoms with Gasteiger partial charge in [0.2, 0.25) is 11.9 Å². The summed E-state index contributed by atoms with van der Waals surface area (Å²) in [4.78, 5) is 37.1. The monoisotopic (exact) mass is 524 g/mol. The van der Waals surface area contributed by atoms with Gasteiger partial charge in [-0.3, -0.25) is 9.59 Å². The quantitative estimate of drug-likeness (QED) is 0.388. The van der Waals surface area contributed by atoms with Gasteiger partial charge in [0.15, 0.2) is 11.4 Å². The lowest BCUT2D eigenvalue weighted by Gasteiger charge is -2.12. The van der Waals surface area contributed by atoms with Crippen molar-refractivity contribution >= 4 is 34.5 Å². The molecule has 14 heteroatoms. The second-order valence-electron chi connectivity index (χ2n) is 8.70. The maximum atomic E-state index is 13.3. The smallest absolute Gasteiger partial charge is 0.417 e. The number of hydrogen-bond donors (Lipinski definition) is 2. The normalized spacial score (nSPS) is 13.3. The van der Waals surface area contributed by atoms with Gasteiger partial charge in [-0.1, -0.05) is 0 Å². The summed E-state index contributed by atoms with van der Waals surface area (Å²) in [6, 6.07) is 5.78. The zero-order valence-corrected chi connectivity index (χ0v) is 20.0. The summed E-state index contributed by atoms with van der Waals surface area (Å²) in [5, 5.41) is 15.2. The first-order chi connectivity index (χ1) is 18.0. The number of aryl methyl sites for hydroxylation is 2. The average molecular weight is 524 g/mol. The number of hydrogen-bond acceptors (Lipinski definition) is 8. The summed E-state index contributed by atoms with van der Waals surface area (Å²) >= 11 is 0. The largest absolute Gasteiger partial charge is 0.454 e. The molecule has 1 amide bonds. The average Bonchev–Trinajstić information content (AvgIpc) is 3.67. The number of aromatic nitrogens is 5. The van der Waals surface area contributed by atoms with Crippen LogP contribution in [0.1, 0.15) is 24.0 Å². The number of ether oxygens (including phenoxy) is 1. The van der Waals surface area contributed by atoms with Gasteiger partial charge in [-0.15, -0.1) is 0 Å². The molecule has 194 valence electrons. The van der Waals surface area contributed by atoms with Crippen LogP contribution < -0.4 is 20.9 Å². The number of fused-ring (bicyclic) bond motifs is 1. The SMILES string of the molecule is Cn1cc(C(F)(F)F)cc(Nc2nc3ncc(Oc4ccnc(NC(=O)C5CC5)c4)c(C#N)c3n2C)c1=O. The molecular weight excluding hydrogens is 505 g/mol. The summed E-state index contributed by atoms with van der Waals surface area (Å²) in [7, 11) is 2.72. The Morgan fingerprint density at radius 1 is 1.24 bits per heavy atom. The van der Waals surface area contributed by atoms with Gasteiger partial charge in [-0.25, -0.2) is 9.97 Å². The van der Waals surface area contributed by atoms with Crippen molar-refractivity contribution < 1.29 is 22.7 Å². The van der Waals surface area contributed by atoms with E-state index in [0.717, 1.165) is 17.4 Å². The molecule has 1 aliphatic carbocycles. The standard InChI is InChI=1S/C24H19F3N8O3/c1-34-11-13(24(25,26)27)7-16(22(34)37)31-23-33-20-19(35(23)2)15(9-28)17(10-30-20)38-14-5-6-29-18(8-14)32-21(36)12-3-4-12/h5-8,10-12H,3-4H2,1-2H3,(H,29,32,36)(H,30,31,33). The van der Waals surface area contributed by atoms with Crippen LogP contribution in [-0.2, 0) is 25.1 Å². The van der Waals surface area contributed by atoms with Gasteiger partial charge in [0.1, 0.15) is 34.4 Å². The van der Waals surface area contributed by atoms with E-state index in [1.807, 2.05) is 6.07 Å². The molecule has 0 unspecified atom stereocenters. The van der Waals surface area contributed by atoms with Crippen LogP contribution in [0.4, 0.5) is 30.6 Å². The zero-order chi connectivity index (χ0) is 27.2. The summed E-state index contributed by atoms with van der Waals surface area (Å²) in [6.07, 6.45) is 0.431. The molecule has 2 N–H and O–H groups in total. The van der Waals surface area contributed by atoms with Crippen LogP contribution in [0.3, 0.4) is 0 Å². The molecule has 4 aromatic rings. The van der Waals surface area contributed by atoms with E-state index in [1.54, 1.807) is 0 Å². The van der Waals surface area contributed by atoms with E-state index in [1.165, 1.54) is 43.2 Å². The number of imidazole rings is 1. The predicted octanol–water partition coefficient (Wildman–Crippen LogP) is 3.84. The van der Waals surface area contributed by atoms with Crippen LogP contribution in [0, 0.1) is 17.2 Å². The Kier molecular flexibility index (Phi) is 5.98. The molecule has 0 spiro atoms. The van der Waals surface area contributed by atoms with Crippen LogP contribution in [0.25, 0.3) is 11.2 Å². The van der Waals surface area contributed by atoms with E-state index in [9.17, 15) is 28.0 Å². The third-order valence-corrected chi connectivity index (χ3v) is 5.89. The molecule has 0 aliphatic heterocycles. The van der Waals surface area contributed by atoms with E-state index >= 15 is 0 Å². The van der Waals surface area contributed by atoms with Crippen molar-refractivity contribution in [1.29, 1.82) is 5.26 Å². The molecule has 0 aromatic carbocycles. The molecule has 4 heterocycles. The fraction of sp³-hybridized carbons (Fsp3) is 0.250. The predicted molar refractivity (Wildman–Crippen MR) is 129 cm³/mol. The summed E-state index contributed by atoms with van der Waals surface area (Å²) < 4.78 is 47.9. The number of amides is 1. The number of carbonyl (C=O) groups excluding carboxylic acids is 1. The van der Waals surface area contributed by atoms with Gasteiger partial charge < -0.3 is 24.5 Å². The Morgan fingerprint density at radius 3 is 2.68 bits per heavy atom. The van der Waals surface area contributed by atoms with E-state index in [4.69, 9.17) is 4.74 Å². The molecule has 0 radical (unpaired) electrons. The maximum Gasteiger partial charge on any atom is 0.417 e. The van der Waals surface area contributed by atoms with Gasteiger partial charge in [-0.05, 0) is 25.0 Å². The van der Waals surface area contributed by atoms with Crippen molar-refractivity contribution in [1.82, 2.24) is 24.1 Å². The van der Waals surface area contributed by atoms with E-state index in [0.29, 0.717) is 18.1 Å². The minimum absolute atomic E-state index is 0.00781. The number of nitrogens with one attached hydrogen (secondary N) is 2. The van der Waals surface area contributed by atoms with Gasteiger partial charge in [-0.2, -0.15) is 23.4 Å². The van der Waals surface area contributed by atoms with Gasteiger partial charge in [0, 0.05) is 38.5 Å². The fourth-order valence-corrected chi connectivity index (χ4v) is 3.77. The van der Waals surface area contributed by atoms with E-state index in [2.05, 4.69) is 25.6 Å². The summed E-state index contributed by atoms with van der Waals surface area (Å²) in [5.41, 5.74) is -1.69. The highest BCUT2D eigenvalue weighted by atomic mass is 19.4. The minimum Gasteiger partial charge on any atom is -0.454 e. The molecule has 11 nitrogen and oxygen atoms in total. The Balaban J connectivity index is 1.48. The third-order valence-electron chi connectivity index (χ3n) is 5.89. The minimum atomic E-state index is -4.66. The first-order valence-electron chi connectivity index (χ1n) is 11.3. The molecule has 5 rings (SSSR count). The van der Waals surface area contributed by atoms with E-state index < -0.39 is 17.3 Å². The number of rotatable bonds is 6. The fourth-order valence-electron chi connectivity index (χ4n) is 3.77. The number of alkyl halides is 3. The highest BCUT2D eigenvalue weighted by Crippen LogP contribution is 2.34. The Morgan fingerprint density at radius 2 is 2.00 bits per heavy atom. The Bertz CT molecular complexity index is 1680. The maximum absolute atomic E-state index is 13.3. The van der Waals surface area contributed by atoms with Crippen molar-refractivity contribution in [2.75, 3.05) is 10.6 Å². The number of anilines is 3. The molecular formula is C24H19F3N8O3. The second kappa shape index (κ2) is 9.18. The van der Waals surface area contributed by atoms with Crippen molar-refractivity contribution in [2.24, 2.45) is 20.0 Å². The summed E-state index contributed by atoms with van der Waals surface area (Å²) in [6.45, 7) is 0. The van der Waals surface area contributed by atoms with Crippen molar-refractivity contribution in [3.8, 4) is 17.6 Å². The molecule has 1 aliphatic rings. The van der Waals surface area contributed by atoms with E-state index in [-0.39, 0.29) is 51.7 Å². The zero-order valence-electron chi connectivity index (χ0n) is 20.0. The number of nitrogens with zero attached hydrogens (tertiary/aromatic N) is 6. The van der Waals surface area contributed by atoms with Crippen molar-refractivity contribution in [3.63, 3.8) is 0 Å². The highest BCUT2D eigenvalue weighted by Gasteiger charge is 2.32. The first-order valence-corrected chi connectivity index (χ1v) is 11.3. The van der Waals surface area contributed by atoms with Crippen LogP contribution in [0.2, 0.25) is 0 Å². The molecule has 0 atom stereocenters. The Hall–Kier alpha value is -4.93. The van der Waals surface area contributed by atoms with Crippen LogP contribution >= 0.6 is 0 Å². The second-order valence-corrected chi connectivity index (χ2v) is 8.70. The van der Waals surface area contributed by atoms with Crippen molar-refractivity contribution in [2.45, 2.75) is 19.0 Å². The lowest BCUT2D eigenvalue weighted by molar-refractivity contribution is -0.138. The third kappa shape index (κ3) is 4.73. The number of carbonyl (C=O) groups is 1. The number of halogens is 3. The summed E-state index contributed by atoms with van der Waals surface area (Å²) in [5.74, 6) is 0.517. The number of nitriles is 1. The molecule has 0 saturated heterocycles. The van der Waals surface area contributed by atoms with Gasteiger partial charge >= 0.3 is 6.18 Å². The molecule has 0 bridgehead atoms. The highest BCUT2D eigenvalue weighted by molar-refractivity contribution is 5.93. The molecule has 1 fully saturated rings. The van der Waals surface area contributed by atoms with Crippen LogP contribution in [-0.4, -0.2) is 30.0 Å². The van der Waals surface area contributed by atoms with Gasteiger partial charge in [0.25, 0.3) is 5.56 Å². The lowest BCUT2D eigenvalue weighted by Crippen LogP contribution is -2.23. The topological polar surface area (TPSA) is 140 Å². The van der Waals surface area contributed by atoms with Crippen molar-refractivity contribution in [3.05, 3.63) is 58.3 Å². The lowest BCUT2D eigenvalue weighted by atomic mass is 10.2. The molecule has 1 saturated carbocycles. The molecule has 38 heavy (non-hydrogen) atoms. The first kappa shape index (κ1) is 24.8. The van der Waals surface area contributed by atoms with Crippen LogP contribution in [0.5, 0.6) is 11.5 Å². The Labute approximate surface area is 212 Å².